The average molecular weight is 510 g/mol. The van der Waals surface area contributed by atoms with Crippen molar-refractivity contribution in [3.63, 3.8) is 0 Å². The average Bonchev–Trinajstić information content (AvgIpc) is 3.69. The maximum absolute atomic E-state index is 13.8. The number of nitrogens with zero attached hydrogens (tertiary/aromatic N) is 5. The van der Waals surface area contributed by atoms with Gasteiger partial charge in [0.25, 0.3) is 0 Å². The van der Waals surface area contributed by atoms with Gasteiger partial charge in [0.05, 0.1) is 11.6 Å². The molecule has 1 amide bonds. The predicted octanol–water partition coefficient (Wildman–Crippen LogP) is 3.06. The number of likely N-dealkylation sites (tertiary alicyclic amines) is 1. The van der Waals surface area contributed by atoms with Crippen LogP contribution in [0.1, 0.15) is 35.4 Å². The van der Waals surface area contributed by atoms with Crippen LogP contribution >= 0.6 is 0 Å². The van der Waals surface area contributed by atoms with Crippen LogP contribution in [0, 0.1) is 5.92 Å². The number of nitrogens with one attached hydrogen (secondary N) is 2. The SMILES string of the molecule is Cn1nnc2cc(CNCC3CC(Cc4cccnc4)CN3C(=O)C3CC(c4ccccc4)CN3)ccc21. The molecule has 2 N–H and O–H groups in total. The highest BCUT2D eigenvalue weighted by molar-refractivity contribution is 5.83. The Kier molecular flexibility index (Phi) is 7.16. The van der Waals surface area contributed by atoms with Crippen LogP contribution in [0.3, 0.4) is 0 Å². The van der Waals surface area contributed by atoms with E-state index in [4.69, 9.17) is 0 Å². The third kappa shape index (κ3) is 5.33. The minimum atomic E-state index is -0.126. The van der Waals surface area contributed by atoms with Gasteiger partial charge >= 0.3 is 0 Å². The lowest BCUT2D eigenvalue weighted by atomic mass is 9.96. The number of carbonyl (C=O) groups is 1. The van der Waals surface area contributed by atoms with E-state index in [-0.39, 0.29) is 18.0 Å². The summed E-state index contributed by atoms with van der Waals surface area (Å²) in [7, 11) is 1.90. The highest BCUT2D eigenvalue weighted by Gasteiger charge is 2.40. The van der Waals surface area contributed by atoms with E-state index in [0.717, 1.165) is 56.5 Å². The normalized spacial score (nSPS) is 23.3. The van der Waals surface area contributed by atoms with Gasteiger partial charge in [-0.3, -0.25) is 9.78 Å². The van der Waals surface area contributed by atoms with E-state index in [9.17, 15) is 4.79 Å². The topological polar surface area (TPSA) is 88.0 Å². The maximum atomic E-state index is 13.8. The highest BCUT2D eigenvalue weighted by Crippen LogP contribution is 2.31. The first-order chi connectivity index (χ1) is 18.6. The first kappa shape index (κ1) is 24.7. The summed E-state index contributed by atoms with van der Waals surface area (Å²) in [4.78, 5) is 20.3. The molecule has 2 aliphatic heterocycles. The molecule has 2 aromatic carbocycles. The number of fused-ring (bicyclic) bond motifs is 1. The summed E-state index contributed by atoms with van der Waals surface area (Å²) in [5, 5.41) is 15.5. The predicted molar refractivity (Wildman–Crippen MR) is 147 cm³/mol. The molecule has 38 heavy (non-hydrogen) atoms. The van der Waals surface area contributed by atoms with E-state index in [0.29, 0.717) is 11.8 Å². The van der Waals surface area contributed by atoms with Gasteiger partial charge in [-0.1, -0.05) is 47.7 Å². The van der Waals surface area contributed by atoms with Crippen molar-refractivity contribution in [2.75, 3.05) is 19.6 Å². The van der Waals surface area contributed by atoms with Crippen LogP contribution in [-0.2, 0) is 24.8 Å². The fourth-order valence-corrected chi connectivity index (χ4v) is 6.16. The van der Waals surface area contributed by atoms with E-state index in [1.54, 1.807) is 4.68 Å². The van der Waals surface area contributed by atoms with Crippen LogP contribution in [-0.4, -0.2) is 62.5 Å². The summed E-state index contributed by atoms with van der Waals surface area (Å²) in [6.45, 7) is 3.14. The van der Waals surface area contributed by atoms with Crippen molar-refractivity contribution in [1.82, 2.24) is 35.5 Å². The van der Waals surface area contributed by atoms with Crippen LogP contribution in [0.4, 0.5) is 0 Å². The number of hydrogen-bond donors (Lipinski definition) is 2. The minimum absolute atomic E-state index is 0.126. The van der Waals surface area contributed by atoms with Gasteiger partial charge in [0, 0.05) is 51.7 Å². The van der Waals surface area contributed by atoms with Gasteiger partial charge < -0.3 is 15.5 Å². The van der Waals surface area contributed by atoms with Crippen molar-refractivity contribution >= 4 is 16.9 Å². The Morgan fingerprint density at radius 2 is 1.97 bits per heavy atom. The zero-order chi connectivity index (χ0) is 25.9. The second-order valence-electron chi connectivity index (χ2n) is 10.8. The fourth-order valence-electron chi connectivity index (χ4n) is 6.16. The van der Waals surface area contributed by atoms with Crippen molar-refractivity contribution in [1.29, 1.82) is 0 Å². The molecule has 2 aliphatic rings. The van der Waals surface area contributed by atoms with Crippen LogP contribution in [0.5, 0.6) is 0 Å². The summed E-state index contributed by atoms with van der Waals surface area (Å²) in [5.41, 5.74) is 5.64. The van der Waals surface area contributed by atoms with Gasteiger partial charge in [0.1, 0.15) is 5.52 Å². The number of hydrogen-bond acceptors (Lipinski definition) is 6. The summed E-state index contributed by atoms with van der Waals surface area (Å²) in [6.07, 6.45) is 6.55. The third-order valence-electron chi connectivity index (χ3n) is 8.12. The van der Waals surface area contributed by atoms with Crippen molar-refractivity contribution < 1.29 is 4.79 Å². The lowest BCUT2D eigenvalue weighted by Gasteiger charge is -2.28. The molecule has 4 heterocycles. The summed E-state index contributed by atoms with van der Waals surface area (Å²) in [5.74, 6) is 1.05. The Labute approximate surface area is 223 Å². The van der Waals surface area contributed by atoms with Crippen LogP contribution in [0.25, 0.3) is 11.0 Å². The lowest BCUT2D eigenvalue weighted by Crippen LogP contribution is -2.48. The minimum Gasteiger partial charge on any atom is -0.337 e. The molecule has 4 atom stereocenters. The number of pyridine rings is 1. The molecule has 2 fully saturated rings. The van der Waals surface area contributed by atoms with E-state index in [1.165, 1.54) is 16.7 Å². The van der Waals surface area contributed by atoms with Crippen molar-refractivity contribution in [3.8, 4) is 0 Å². The van der Waals surface area contributed by atoms with Gasteiger partial charge in [-0.2, -0.15) is 0 Å². The Balaban J connectivity index is 1.12. The Morgan fingerprint density at radius 1 is 1.08 bits per heavy atom. The number of carbonyl (C=O) groups excluding carboxylic acids is 1. The van der Waals surface area contributed by atoms with E-state index in [1.807, 2.05) is 31.6 Å². The Hall–Kier alpha value is -3.62. The fraction of sp³-hybridized carbons (Fsp3) is 0.400. The van der Waals surface area contributed by atoms with Crippen molar-refractivity contribution in [2.45, 2.75) is 43.8 Å². The molecule has 8 heteroatoms. The number of aryl methyl sites for hydroxylation is 1. The third-order valence-corrected chi connectivity index (χ3v) is 8.12. The van der Waals surface area contributed by atoms with Crippen LogP contribution in [0.15, 0.2) is 73.1 Å². The molecule has 0 bridgehead atoms. The van der Waals surface area contributed by atoms with Crippen molar-refractivity contribution in [2.24, 2.45) is 13.0 Å². The van der Waals surface area contributed by atoms with E-state index < -0.39 is 0 Å². The van der Waals surface area contributed by atoms with Gasteiger partial charge in [0.2, 0.25) is 5.91 Å². The second kappa shape index (κ2) is 11.0. The van der Waals surface area contributed by atoms with Gasteiger partial charge in [-0.25, -0.2) is 4.68 Å². The number of rotatable bonds is 8. The zero-order valence-electron chi connectivity index (χ0n) is 21.8. The van der Waals surface area contributed by atoms with Crippen LogP contribution < -0.4 is 10.6 Å². The van der Waals surface area contributed by atoms with E-state index in [2.05, 4.69) is 79.4 Å². The molecule has 196 valence electrons. The molecule has 0 saturated carbocycles. The standard InChI is InChI=1S/C30H35N7O/c1-36-29-10-9-22(14-27(29)34-35-36)17-32-19-26-13-23(12-21-6-5-11-31-16-21)20-37(26)30(38)28-15-25(18-33-28)24-7-3-2-4-8-24/h2-11,14,16,23,25-26,28,32-33H,12-13,15,17-20H2,1H3. The largest absolute Gasteiger partial charge is 0.337 e. The zero-order valence-corrected chi connectivity index (χ0v) is 21.8. The van der Waals surface area contributed by atoms with Crippen molar-refractivity contribution in [3.05, 3.63) is 89.7 Å². The molecule has 2 saturated heterocycles. The summed E-state index contributed by atoms with van der Waals surface area (Å²) >= 11 is 0. The maximum Gasteiger partial charge on any atom is 0.240 e. The van der Waals surface area contributed by atoms with Crippen LogP contribution in [0.2, 0.25) is 0 Å². The van der Waals surface area contributed by atoms with Gasteiger partial charge in [-0.15, -0.1) is 5.10 Å². The van der Waals surface area contributed by atoms with E-state index >= 15 is 0 Å². The van der Waals surface area contributed by atoms with Gasteiger partial charge in [0.15, 0.2) is 0 Å². The highest BCUT2D eigenvalue weighted by atomic mass is 16.2. The quantitative estimate of drug-likeness (QED) is 0.380. The van der Waals surface area contributed by atoms with Gasteiger partial charge in [-0.05, 0) is 66.0 Å². The Morgan fingerprint density at radius 3 is 2.82 bits per heavy atom. The molecule has 0 aliphatic carbocycles. The molecule has 6 rings (SSSR count). The first-order valence-corrected chi connectivity index (χ1v) is 13.6. The second-order valence-corrected chi connectivity index (χ2v) is 10.8. The molecular formula is C30H35N7O. The molecular weight excluding hydrogens is 474 g/mol. The summed E-state index contributed by atoms with van der Waals surface area (Å²) in [6, 6.07) is 21.0. The smallest absolute Gasteiger partial charge is 0.240 e. The first-order valence-electron chi connectivity index (χ1n) is 13.6. The number of aromatic nitrogens is 4. The molecule has 4 aromatic rings. The summed E-state index contributed by atoms with van der Waals surface area (Å²) < 4.78 is 1.79. The number of benzene rings is 2. The molecule has 0 radical (unpaired) electrons. The molecule has 0 spiro atoms. The monoisotopic (exact) mass is 509 g/mol. The lowest BCUT2D eigenvalue weighted by molar-refractivity contribution is -0.134. The molecule has 8 nitrogen and oxygen atoms in total. The molecule has 2 aromatic heterocycles. The Bertz CT molecular complexity index is 1370. The number of amides is 1. The molecule has 4 unspecified atom stereocenters.